The van der Waals surface area contributed by atoms with Gasteiger partial charge in [-0.25, -0.2) is 16.8 Å². The second-order valence-corrected chi connectivity index (χ2v) is 33.4. The number of ketones is 1. The van der Waals surface area contributed by atoms with Crippen molar-refractivity contribution in [1.82, 2.24) is 45.6 Å². The smallest absolute Gasteiger partial charge is 0.245 e. The number of allylic oxidation sites excluding steroid dienone is 1. The quantitative estimate of drug-likeness (QED) is 0.0293. The molecule has 6 aromatic carbocycles. The standard InChI is InChI=1S/C18H21N3O2.C16H19N3O2.C15H18N2O4S.C14H14N2O3.C13H15N3O2.C13H16N2O3S/c1-13(2)21-10-8-15(9-11-21)17(22)20-18-16(12-19-23-18)14-6-4-3-5-7-14;1-19-9-7-13(8-10-19)15(20)18-16-14(11-17-21-16)12-5-3-2-4-6-12;18-22(19,11-12-6-8-20-9-7-12)17-15-14(10-16-21-15)13-4-2-1-3-5-13;1-10(17)7-8-13(18)16-14-12(9-15-19-14)11-5-3-2-4-6-11;1-16(2)9-12(17)15-13-11(8-14-18-13)10-6-4-3-5-7-10;1-10(2)9-19(16,17)15-13-12(8-14-18-13)11-6-4-3-5-7-11/h3-7,12,15H,1,8-11H2,2H3,(H,20,22);2-6,11,13H,7-10H2,1H3,(H,18,20);1-5,10,12,17H,6-9,11H2;2-6,9H,7-8H2,1H3,(H,16,18);3-8H,9H2,1-2H3,(H,15,17);3-8,10,15H,9H2,1-2H3. The van der Waals surface area contributed by atoms with Crippen LogP contribution in [0.4, 0.5) is 35.3 Å². The van der Waals surface area contributed by atoms with Crippen molar-refractivity contribution < 1.29 is 72.7 Å². The van der Waals surface area contributed by atoms with Crippen LogP contribution in [0.15, 0.2) is 259 Å². The van der Waals surface area contributed by atoms with Crippen molar-refractivity contribution in [2.45, 2.75) is 79.1 Å². The molecular formula is C89H103N15O16S2. The van der Waals surface area contributed by atoms with Crippen LogP contribution in [-0.2, 0) is 48.8 Å². The third-order valence-electron chi connectivity index (χ3n) is 19.4. The molecule has 0 atom stereocenters. The molecule has 0 bridgehead atoms. The van der Waals surface area contributed by atoms with Gasteiger partial charge in [-0.1, -0.05) is 233 Å². The molecule has 6 aromatic heterocycles. The summed E-state index contributed by atoms with van der Waals surface area (Å²) in [5, 5.41) is 33.5. The summed E-state index contributed by atoms with van der Waals surface area (Å²) < 4.78 is 89.2. The average Bonchev–Trinajstić information content (AvgIpc) is 1.67. The van der Waals surface area contributed by atoms with Crippen molar-refractivity contribution in [1.29, 1.82) is 0 Å². The van der Waals surface area contributed by atoms with E-state index in [4.69, 9.17) is 31.9 Å². The summed E-state index contributed by atoms with van der Waals surface area (Å²) in [6.45, 7) is 16.3. The lowest BCUT2D eigenvalue weighted by Gasteiger charge is -2.32. The highest BCUT2D eigenvalue weighted by Gasteiger charge is 2.30. The number of ether oxygens (including phenoxy) is 1. The van der Waals surface area contributed by atoms with E-state index in [9.17, 15) is 40.8 Å². The highest BCUT2D eigenvalue weighted by atomic mass is 32.2. The first-order chi connectivity index (χ1) is 58.8. The number of Topliss-reactive ketones (excluding diaryl/α,β-unsaturated/α-hetero) is 1. The Kier molecular flexibility index (Phi) is 34.5. The molecule has 6 N–H and O–H groups in total. The summed E-state index contributed by atoms with van der Waals surface area (Å²) in [5.74, 6) is 1.81. The van der Waals surface area contributed by atoms with Gasteiger partial charge in [-0.15, -0.1) is 0 Å². The summed E-state index contributed by atoms with van der Waals surface area (Å²) in [4.78, 5) is 65.2. The van der Waals surface area contributed by atoms with Gasteiger partial charge < -0.3 is 51.4 Å². The SMILES string of the molecule is C=C(C)N1CCC(C(=O)Nc2oncc2-c2ccccc2)CC1.CC(=O)CCC(=O)Nc1oncc1-c1ccccc1.CC(C)CS(=O)(=O)Nc1oncc1-c1ccccc1.CN(C)CC(=O)Nc1oncc1-c1ccccc1.CN1CCC(C(=O)Nc2oncc2-c2ccccc2)CC1.O=S(=O)(CC1CCOCC1)Nc1oncc1-c1ccccc1. The molecule has 0 aliphatic carbocycles. The number of sulfonamides is 2. The van der Waals surface area contributed by atoms with Gasteiger partial charge >= 0.3 is 0 Å². The molecule has 642 valence electrons. The first-order valence-electron chi connectivity index (χ1n) is 39.9. The van der Waals surface area contributed by atoms with Crippen molar-refractivity contribution in [2.75, 3.05) is 109 Å². The number of anilines is 6. The number of carbonyl (C=O) groups excluding carboxylic acids is 5. The summed E-state index contributed by atoms with van der Waals surface area (Å²) >= 11 is 0. The fourth-order valence-corrected chi connectivity index (χ4v) is 15.9. The topological polar surface area (TPSA) is 401 Å². The van der Waals surface area contributed by atoms with E-state index in [2.05, 4.69) is 85.1 Å². The van der Waals surface area contributed by atoms with Crippen molar-refractivity contribution in [3.63, 3.8) is 0 Å². The Hall–Kier alpha value is -13.0. The molecule has 15 rings (SSSR count). The largest absolute Gasteiger partial charge is 0.381 e. The minimum absolute atomic E-state index is 0.000274. The molecule has 0 spiro atoms. The lowest BCUT2D eigenvalue weighted by atomic mass is 9.95. The zero-order chi connectivity index (χ0) is 86.8. The van der Waals surface area contributed by atoms with Gasteiger partial charge in [0.15, 0.2) is 0 Å². The van der Waals surface area contributed by atoms with Gasteiger partial charge in [-0.05, 0) is 132 Å². The minimum atomic E-state index is -3.47. The number of nitrogens with one attached hydrogen (secondary N) is 6. The van der Waals surface area contributed by atoms with E-state index in [1.54, 1.807) is 29.7 Å². The zero-order valence-corrected chi connectivity index (χ0v) is 70.8. The van der Waals surface area contributed by atoms with Crippen molar-refractivity contribution in [3.8, 4) is 66.8 Å². The van der Waals surface area contributed by atoms with E-state index in [1.165, 1.54) is 19.3 Å². The summed E-state index contributed by atoms with van der Waals surface area (Å²) in [6, 6.07) is 57.5. The van der Waals surface area contributed by atoms with Crippen molar-refractivity contribution in [2.24, 2.45) is 23.7 Å². The molecule has 3 aliphatic rings. The van der Waals surface area contributed by atoms with Crippen molar-refractivity contribution >= 4 is 84.8 Å². The van der Waals surface area contributed by atoms with Gasteiger partial charge in [0, 0.05) is 56.7 Å². The molecule has 4 amide bonds. The number of carbonyl (C=O) groups is 5. The Morgan fingerprint density at radius 2 is 0.730 bits per heavy atom. The molecule has 12 aromatic rings. The van der Waals surface area contributed by atoms with Gasteiger partial charge in [-0.2, -0.15) is 0 Å². The third-order valence-corrected chi connectivity index (χ3v) is 22.4. The van der Waals surface area contributed by atoms with Crippen LogP contribution >= 0.6 is 0 Å². The Balaban J connectivity index is 0.000000154. The van der Waals surface area contributed by atoms with E-state index in [0.717, 1.165) is 126 Å². The molecule has 31 nitrogen and oxygen atoms in total. The fourth-order valence-electron chi connectivity index (χ4n) is 13.1. The lowest BCUT2D eigenvalue weighted by Crippen LogP contribution is -2.37. The van der Waals surface area contributed by atoms with Crippen LogP contribution in [0.2, 0.25) is 0 Å². The molecule has 0 radical (unpaired) electrons. The number of aromatic nitrogens is 6. The van der Waals surface area contributed by atoms with E-state index >= 15 is 0 Å². The van der Waals surface area contributed by atoms with Crippen LogP contribution in [0.3, 0.4) is 0 Å². The molecule has 9 heterocycles. The van der Waals surface area contributed by atoms with Crippen LogP contribution in [0.1, 0.15) is 79.1 Å². The van der Waals surface area contributed by atoms with E-state index in [1.807, 2.05) is 217 Å². The van der Waals surface area contributed by atoms with Crippen LogP contribution in [0.25, 0.3) is 66.8 Å². The van der Waals surface area contributed by atoms with Gasteiger partial charge in [0.05, 0.1) is 88.6 Å². The van der Waals surface area contributed by atoms with Gasteiger partial charge in [0.1, 0.15) is 5.78 Å². The zero-order valence-electron chi connectivity index (χ0n) is 69.2. The van der Waals surface area contributed by atoms with Crippen LogP contribution in [-0.4, -0.2) is 170 Å². The monoisotopic (exact) mass is 1700 g/mol. The predicted octanol–water partition coefficient (Wildman–Crippen LogP) is 15.9. The number of rotatable bonds is 26. The molecule has 3 saturated heterocycles. The number of hydrogen-bond donors (Lipinski definition) is 6. The number of piperidine rings is 2. The maximum Gasteiger partial charge on any atom is 0.245 e. The van der Waals surface area contributed by atoms with E-state index in [-0.39, 0.29) is 89.2 Å². The summed E-state index contributed by atoms with van der Waals surface area (Å²) in [6.07, 6.45) is 14.8. The maximum absolute atomic E-state index is 12.5. The summed E-state index contributed by atoms with van der Waals surface area (Å²) in [5.41, 5.74) is 11.0. The Morgan fingerprint density at radius 3 is 1.05 bits per heavy atom. The Morgan fingerprint density at radius 1 is 0.426 bits per heavy atom. The van der Waals surface area contributed by atoms with Gasteiger partial charge in [0.25, 0.3) is 0 Å². The normalized spacial score (nSPS) is 13.8. The van der Waals surface area contributed by atoms with Crippen LogP contribution in [0, 0.1) is 23.7 Å². The van der Waals surface area contributed by atoms with Crippen molar-refractivity contribution in [3.05, 3.63) is 231 Å². The predicted molar refractivity (Wildman–Crippen MR) is 467 cm³/mol. The number of hydrogen-bond acceptors (Lipinski definition) is 25. The number of likely N-dealkylation sites (tertiary alicyclic amines) is 2. The molecule has 0 saturated carbocycles. The highest BCUT2D eigenvalue weighted by molar-refractivity contribution is 7.93. The molecule has 0 unspecified atom stereocenters. The van der Waals surface area contributed by atoms with Crippen LogP contribution < -0.4 is 30.7 Å². The second-order valence-electron chi connectivity index (χ2n) is 29.9. The fraction of sp³-hybridized carbons (Fsp3) is 0.315. The number of amides is 4. The molecular weight excluding hydrogens is 1600 g/mol. The van der Waals surface area contributed by atoms with E-state index < -0.39 is 20.0 Å². The maximum atomic E-state index is 12.5. The first kappa shape index (κ1) is 91.4. The Labute approximate surface area is 709 Å². The third kappa shape index (κ3) is 28.9. The lowest BCUT2D eigenvalue weighted by molar-refractivity contribution is -0.122. The minimum Gasteiger partial charge on any atom is -0.381 e. The molecule has 3 aliphatic heterocycles. The summed E-state index contributed by atoms with van der Waals surface area (Å²) in [7, 11) is -1.15. The van der Waals surface area contributed by atoms with Gasteiger partial charge in [-0.3, -0.25) is 49.9 Å². The van der Waals surface area contributed by atoms with E-state index in [0.29, 0.717) is 54.4 Å². The Bertz CT molecular complexity index is 5470. The number of nitrogens with zero attached hydrogens (tertiary/aromatic N) is 9. The molecule has 33 heteroatoms. The second kappa shape index (κ2) is 46.0. The first-order valence-corrected chi connectivity index (χ1v) is 43.2. The highest BCUT2D eigenvalue weighted by Crippen LogP contribution is 2.35. The molecule has 122 heavy (non-hydrogen) atoms. The average molecular weight is 1700 g/mol. The number of likely N-dealkylation sites (N-methyl/N-ethyl adjacent to an activating group) is 1. The number of benzene rings is 6. The van der Waals surface area contributed by atoms with Crippen LogP contribution in [0.5, 0.6) is 0 Å². The molecule has 3 fully saturated rings. The van der Waals surface area contributed by atoms with Gasteiger partial charge in [0.2, 0.25) is 79.0 Å².